The fourth-order valence-electron chi connectivity index (χ4n) is 6.47. The molecule has 6 rings (SSSR count). The molecule has 0 spiro atoms. The van der Waals surface area contributed by atoms with Gasteiger partial charge in [0, 0.05) is 75.2 Å². The Bertz CT molecular complexity index is 2240. The van der Waals surface area contributed by atoms with Crippen LogP contribution >= 0.6 is 12.4 Å². The topological polar surface area (TPSA) is 163 Å². The maximum atomic E-state index is 15.5. The summed E-state index contributed by atoms with van der Waals surface area (Å²) in [6, 6.07) is 5.38. The molecule has 56 heavy (non-hydrogen) atoms. The number of hydrogen-bond acceptors (Lipinski definition) is 8. The summed E-state index contributed by atoms with van der Waals surface area (Å²) < 4.78 is 115. The van der Waals surface area contributed by atoms with Crippen molar-refractivity contribution >= 4 is 38.9 Å². The van der Waals surface area contributed by atoms with Gasteiger partial charge in [0.15, 0.2) is 11.6 Å². The van der Waals surface area contributed by atoms with E-state index in [9.17, 15) is 39.9 Å². The summed E-state index contributed by atoms with van der Waals surface area (Å²) in [5, 5.41) is 12.3. The van der Waals surface area contributed by atoms with Gasteiger partial charge in [-0.3, -0.25) is 0 Å². The summed E-state index contributed by atoms with van der Waals surface area (Å²) in [7, 11) is -6.52. The Kier molecular flexibility index (Phi) is 14.4. The Hall–Kier alpha value is -4.08. The third-order valence-electron chi connectivity index (χ3n) is 8.94. The molecular weight excluding hydrogens is 804 g/mol. The Labute approximate surface area is 329 Å². The van der Waals surface area contributed by atoms with Gasteiger partial charge in [0.05, 0.1) is 17.7 Å². The van der Waals surface area contributed by atoms with Gasteiger partial charge in [-0.15, -0.1) is 12.4 Å². The maximum absolute atomic E-state index is 15.5. The molecule has 2 aliphatic heterocycles. The lowest BCUT2D eigenvalue weighted by Crippen LogP contribution is -2.36. The second-order valence-corrected chi connectivity index (χ2v) is 18.0. The summed E-state index contributed by atoms with van der Waals surface area (Å²) in [5.41, 5.74) is -1.72. The predicted octanol–water partition coefficient (Wildman–Crippen LogP) is 5.70. The van der Waals surface area contributed by atoms with Gasteiger partial charge in [-0.1, -0.05) is 20.8 Å². The van der Waals surface area contributed by atoms with Crippen molar-refractivity contribution in [3.63, 3.8) is 0 Å². The zero-order chi connectivity index (χ0) is 40.3. The van der Waals surface area contributed by atoms with Crippen molar-refractivity contribution < 1.29 is 44.3 Å². The van der Waals surface area contributed by atoms with E-state index in [4.69, 9.17) is 0 Å². The van der Waals surface area contributed by atoms with Crippen LogP contribution in [0.5, 0.6) is 0 Å². The van der Waals surface area contributed by atoms with E-state index >= 15 is 4.39 Å². The number of pyridine rings is 2. The van der Waals surface area contributed by atoms with Gasteiger partial charge in [0.25, 0.3) is 0 Å². The molecule has 6 heterocycles. The lowest BCUT2D eigenvalue weighted by Gasteiger charge is -2.27. The molecule has 14 nitrogen and oxygen atoms in total. The monoisotopic (exact) mass is 848 g/mol. The van der Waals surface area contributed by atoms with Gasteiger partial charge < -0.3 is 15.3 Å². The Morgan fingerprint density at radius 1 is 0.786 bits per heavy atom. The largest absolute Gasteiger partial charge is 0.465 e. The lowest BCUT2D eigenvalue weighted by molar-refractivity contribution is 0.122. The van der Waals surface area contributed by atoms with Crippen LogP contribution in [0.4, 0.5) is 22.4 Å². The molecule has 0 unspecified atom stereocenters. The van der Waals surface area contributed by atoms with Crippen LogP contribution in [-0.2, 0) is 33.5 Å². The molecule has 4 aromatic heterocycles. The first-order valence-corrected chi connectivity index (χ1v) is 20.3. The Morgan fingerprint density at radius 3 is 1.57 bits per heavy atom. The summed E-state index contributed by atoms with van der Waals surface area (Å²) >= 11 is 0. The summed E-state index contributed by atoms with van der Waals surface area (Å²) in [6.45, 7) is 6.64. The number of halogens is 5. The zero-order valence-corrected chi connectivity index (χ0v) is 33.7. The van der Waals surface area contributed by atoms with Gasteiger partial charge in [-0.05, 0) is 62.4 Å². The third-order valence-corrected chi connectivity index (χ3v) is 12.5. The van der Waals surface area contributed by atoms with Crippen LogP contribution in [0.25, 0.3) is 22.5 Å². The molecule has 308 valence electrons. The fourth-order valence-corrected chi connectivity index (χ4v) is 9.74. The van der Waals surface area contributed by atoms with Crippen molar-refractivity contribution in [2.45, 2.75) is 59.5 Å². The molecular formula is C35H45ClF4N8O6S2. The van der Waals surface area contributed by atoms with Crippen LogP contribution in [0.3, 0.4) is 0 Å². The number of aromatic nitrogens is 4. The van der Waals surface area contributed by atoms with E-state index in [0.29, 0.717) is 29.9 Å². The molecule has 2 fully saturated rings. The number of carboxylic acid groups (broad SMARTS) is 1. The first kappa shape index (κ1) is 44.6. The number of nitrogens with one attached hydrogen (secondary N) is 1. The van der Waals surface area contributed by atoms with Gasteiger partial charge in [0.2, 0.25) is 11.9 Å². The number of hydrogen-bond donors (Lipinski definition) is 2. The zero-order valence-electron chi connectivity index (χ0n) is 31.3. The fraction of sp³-hybridized carbons (Fsp3) is 0.457. The van der Waals surface area contributed by atoms with Crippen molar-refractivity contribution in [3.8, 4) is 22.5 Å². The van der Waals surface area contributed by atoms with E-state index < -0.39 is 61.2 Å². The second-order valence-electron chi connectivity index (χ2n) is 14.4. The first-order valence-electron chi connectivity index (χ1n) is 17.5. The van der Waals surface area contributed by atoms with E-state index in [1.807, 2.05) is 20.8 Å². The molecule has 2 aliphatic rings. The van der Waals surface area contributed by atoms with Gasteiger partial charge in [-0.25, -0.2) is 31.5 Å². The maximum Gasteiger partial charge on any atom is 0.407 e. The molecule has 0 saturated carbocycles. The van der Waals surface area contributed by atoms with E-state index in [1.165, 1.54) is 51.5 Å². The van der Waals surface area contributed by atoms with E-state index in [1.54, 1.807) is 7.05 Å². The molecule has 0 atom stereocenters. The second kappa shape index (κ2) is 18.0. The Morgan fingerprint density at radius 2 is 1.20 bits per heavy atom. The SMILES string of the molecule is CC(C)(C)CN(Cc1cn(S(=O)(=O)N2CCCC2)c(-c2cccnc2F)c1F)C(=O)O.CNCc1cn(S(=O)(=O)N2CCCC2)c(-c2cccnc2F)c1F.Cl. The van der Waals surface area contributed by atoms with Crippen molar-refractivity contribution in [1.29, 1.82) is 0 Å². The van der Waals surface area contributed by atoms with Gasteiger partial charge >= 0.3 is 26.5 Å². The van der Waals surface area contributed by atoms with Crippen LogP contribution in [0.15, 0.2) is 49.1 Å². The minimum atomic E-state index is -4.18. The minimum absolute atomic E-state index is 0. The van der Waals surface area contributed by atoms with Crippen molar-refractivity contribution in [2.24, 2.45) is 5.41 Å². The minimum Gasteiger partial charge on any atom is -0.465 e. The third kappa shape index (κ3) is 9.54. The molecule has 0 radical (unpaired) electrons. The molecule has 2 saturated heterocycles. The Balaban J connectivity index is 0.000000252. The number of nitrogens with zero attached hydrogens (tertiary/aromatic N) is 7. The predicted molar refractivity (Wildman–Crippen MR) is 203 cm³/mol. The smallest absolute Gasteiger partial charge is 0.407 e. The van der Waals surface area contributed by atoms with Crippen LogP contribution in [-0.4, -0.2) is 99.2 Å². The summed E-state index contributed by atoms with van der Waals surface area (Å²) in [5.74, 6) is -3.69. The highest BCUT2D eigenvalue weighted by molar-refractivity contribution is 7.88. The van der Waals surface area contributed by atoms with E-state index in [2.05, 4.69) is 15.3 Å². The highest BCUT2D eigenvalue weighted by atomic mass is 35.5. The van der Waals surface area contributed by atoms with Crippen LogP contribution < -0.4 is 5.32 Å². The van der Waals surface area contributed by atoms with Crippen molar-refractivity contribution in [2.75, 3.05) is 39.8 Å². The van der Waals surface area contributed by atoms with Crippen molar-refractivity contribution in [1.82, 2.24) is 36.7 Å². The van der Waals surface area contributed by atoms with E-state index in [0.717, 1.165) is 27.9 Å². The number of carbonyl (C=O) groups is 1. The summed E-state index contributed by atoms with van der Waals surface area (Å²) in [4.78, 5) is 19.7. The molecule has 4 aromatic rings. The number of rotatable bonds is 11. The molecule has 21 heteroatoms. The van der Waals surface area contributed by atoms with Gasteiger partial charge in [-0.2, -0.15) is 34.2 Å². The summed E-state index contributed by atoms with van der Waals surface area (Å²) in [6.07, 6.45) is 6.24. The number of amides is 1. The first-order chi connectivity index (χ1) is 25.9. The lowest BCUT2D eigenvalue weighted by atomic mass is 9.96. The van der Waals surface area contributed by atoms with Crippen LogP contribution in [0, 0.1) is 28.9 Å². The molecule has 2 N–H and O–H groups in total. The highest BCUT2D eigenvalue weighted by Crippen LogP contribution is 2.34. The normalized spacial score (nSPS) is 15.4. The van der Waals surface area contributed by atoms with Gasteiger partial charge in [0.1, 0.15) is 11.4 Å². The molecule has 0 aromatic carbocycles. The highest BCUT2D eigenvalue weighted by Gasteiger charge is 2.35. The van der Waals surface area contributed by atoms with Crippen LogP contribution in [0.1, 0.15) is 57.6 Å². The molecule has 1 amide bonds. The standard InChI is InChI=1S/C20H26F2N4O4S.C15H18F2N4O2S.ClH/c1-20(2,3)13-24(19(27)28)11-14-12-26(31(29,30)25-9-4-5-10-25)17(16(14)21)15-7-6-8-23-18(15)22;1-18-9-11-10-21(24(22,23)20-7-2-3-8-20)14(13(11)16)12-5-4-6-19-15(12)17;/h6-8,12H,4-5,9-11,13H2,1-3H3,(H,27,28);4-6,10,18H,2-3,7-9H2,1H3;1H. The average Bonchev–Trinajstić information content (AvgIpc) is 3.95. The molecule has 0 aliphatic carbocycles. The average molecular weight is 849 g/mol. The van der Waals surface area contributed by atoms with Crippen molar-refractivity contribution in [3.05, 3.63) is 83.7 Å². The molecule has 0 bridgehead atoms. The quantitative estimate of drug-likeness (QED) is 0.142. The van der Waals surface area contributed by atoms with E-state index in [-0.39, 0.29) is 73.1 Å². The van der Waals surface area contributed by atoms with Crippen LogP contribution in [0.2, 0.25) is 0 Å².